The molecule has 0 spiro atoms. The van der Waals surface area contributed by atoms with Gasteiger partial charge in [-0.1, -0.05) is 26.8 Å². The number of nitrogens with zero attached hydrogens (tertiary/aromatic N) is 1. The van der Waals surface area contributed by atoms with Crippen LogP contribution in [0.3, 0.4) is 0 Å². The van der Waals surface area contributed by atoms with Gasteiger partial charge in [-0.25, -0.2) is 0 Å². The van der Waals surface area contributed by atoms with Crippen LogP contribution in [-0.4, -0.2) is 10.1 Å². The van der Waals surface area contributed by atoms with Gasteiger partial charge in [-0.15, -0.1) is 0 Å². The molecule has 2 nitrogen and oxygen atoms in total. The van der Waals surface area contributed by atoms with Crippen LogP contribution in [0.2, 0.25) is 0 Å². The highest BCUT2D eigenvalue weighted by Crippen LogP contribution is 2.23. The van der Waals surface area contributed by atoms with Crippen LogP contribution >= 0.6 is 0 Å². The van der Waals surface area contributed by atoms with E-state index in [1.54, 1.807) is 6.92 Å². The average Bonchev–Trinajstić information content (AvgIpc) is 2.18. The number of hydrogen-bond donors (Lipinski definition) is 1. The van der Waals surface area contributed by atoms with Gasteiger partial charge < -0.3 is 5.11 Å². The highest BCUT2D eigenvalue weighted by Gasteiger charge is 2.22. The smallest absolute Gasteiger partial charge is 0.103 e. The lowest BCUT2D eigenvalue weighted by atomic mass is 9.97. The van der Waals surface area contributed by atoms with Crippen LogP contribution < -0.4 is 0 Å². The van der Waals surface area contributed by atoms with E-state index in [9.17, 15) is 5.11 Å². The first kappa shape index (κ1) is 11.2. The van der Waals surface area contributed by atoms with Crippen molar-refractivity contribution in [3.8, 4) is 0 Å². The van der Waals surface area contributed by atoms with Gasteiger partial charge in [0.25, 0.3) is 0 Å². The molecular weight excluding hydrogens is 174 g/mol. The number of hydrogen-bond acceptors (Lipinski definition) is 2. The first-order valence-corrected chi connectivity index (χ1v) is 5.17. The van der Waals surface area contributed by atoms with E-state index in [0.717, 1.165) is 11.4 Å². The topological polar surface area (TPSA) is 33.1 Å². The minimum absolute atomic E-state index is 0.405. The van der Waals surface area contributed by atoms with Gasteiger partial charge in [0.2, 0.25) is 0 Å². The highest BCUT2D eigenvalue weighted by molar-refractivity contribution is 5.18. The maximum absolute atomic E-state index is 10.0. The Morgan fingerprint density at radius 3 is 2.57 bits per heavy atom. The standard InChI is InChI=1S/C12H19NO/c1-5-12(4,14)11-8-6-7-10(13-11)9(2)3/h6-9,14H,5H2,1-4H3. The van der Waals surface area contributed by atoms with Crippen LogP contribution in [0.5, 0.6) is 0 Å². The third kappa shape index (κ3) is 2.32. The fourth-order valence-electron chi connectivity index (χ4n) is 1.25. The maximum atomic E-state index is 10.0. The van der Waals surface area contributed by atoms with Crippen molar-refractivity contribution in [2.45, 2.75) is 45.6 Å². The van der Waals surface area contributed by atoms with Crippen LogP contribution in [0, 0.1) is 0 Å². The summed E-state index contributed by atoms with van der Waals surface area (Å²) in [7, 11) is 0. The second kappa shape index (κ2) is 4.09. The third-order valence-electron chi connectivity index (χ3n) is 2.60. The molecule has 14 heavy (non-hydrogen) atoms. The zero-order valence-corrected chi connectivity index (χ0v) is 9.41. The number of rotatable bonds is 3. The molecule has 0 saturated heterocycles. The number of aliphatic hydroxyl groups is 1. The number of pyridine rings is 1. The summed E-state index contributed by atoms with van der Waals surface area (Å²) in [6.45, 7) is 7.97. The molecule has 0 amide bonds. The molecule has 1 aromatic heterocycles. The van der Waals surface area contributed by atoms with Crippen molar-refractivity contribution in [3.63, 3.8) is 0 Å². The van der Waals surface area contributed by atoms with E-state index >= 15 is 0 Å². The minimum Gasteiger partial charge on any atom is -0.384 e. The SMILES string of the molecule is CCC(C)(O)c1cccc(C(C)C)n1. The van der Waals surface area contributed by atoms with Crippen LogP contribution in [-0.2, 0) is 5.60 Å². The summed E-state index contributed by atoms with van der Waals surface area (Å²) in [6, 6.07) is 5.84. The second-order valence-electron chi connectivity index (χ2n) is 4.23. The molecule has 0 aromatic carbocycles. The van der Waals surface area contributed by atoms with Crippen molar-refractivity contribution < 1.29 is 5.11 Å². The van der Waals surface area contributed by atoms with Gasteiger partial charge in [0.05, 0.1) is 5.69 Å². The fraction of sp³-hybridized carbons (Fsp3) is 0.583. The molecule has 0 aliphatic heterocycles. The molecule has 0 aliphatic carbocycles. The molecule has 1 N–H and O–H groups in total. The predicted octanol–water partition coefficient (Wildman–Crippen LogP) is 2.82. The Hall–Kier alpha value is -0.890. The molecule has 1 unspecified atom stereocenters. The molecule has 0 fully saturated rings. The minimum atomic E-state index is -0.801. The predicted molar refractivity (Wildman–Crippen MR) is 58.2 cm³/mol. The van der Waals surface area contributed by atoms with E-state index in [4.69, 9.17) is 0 Å². The fourth-order valence-corrected chi connectivity index (χ4v) is 1.25. The summed E-state index contributed by atoms with van der Waals surface area (Å²) in [6.07, 6.45) is 0.682. The summed E-state index contributed by atoms with van der Waals surface area (Å²) >= 11 is 0. The second-order valence-corrected chi connectivity index (χ2v) is 4.23. The van der Waals surface area contributed by atoms with E-state index < -0.39 is 5.60 Å². The van der Waals surface area contributed by atoms with Crippen molar-refractivity contribution in [2.24, 2.45) is 0 Å². The molecule has 1 aromatic rings. The normalized spacial score (nSPS) is 15.6. The van der Waals surface area contributed by atoms with Gasteiger partial charge in [-0.05, 0) is 31.4 Å². The van der Waals surface area contributed by atoms with Gasteiger partial charge >= 0.3 is 0 Å². The first-order valence-electron chi connectivity index (χ1n) is 5.17. The van der Waals surface area contributed by atoms with Gasteiger partial charge in [-0.3, -0.25) is 4.98 Å². The Balaban J connectivity index is 3.05. The summed E-state index contributed by atoms with van der Waals surface area (Å²) in [5.41, 5.74) is 1.01. The molecule has 1 heterocycles. The van der Waals surface area contributed by atoms with Gasteiger partial charge in [0.1, 0.15) is 5.60 Å². The molecule has 1 rings (SSSR count). The molecule has 0 aliphatic rings. The van der Waals surface area contributed by atoms with Crippen LogP contribution in [0.25, 0.3) is 0 Å². The van der Waals surface area contributed by atoms with Crippen molar-refractivity contribution in [1.29, 1.82) is 0 Å². The molecular formula is C12H19NO. The first-order chi connectivity index (χ1) is 6.47. The zero-order valence-electron chi connectivity index (χ0n) is 9.41. The van der Waals surface area contributed by atoms with Gasteiger partial charge in [0.15, 0.2) is 0 Å². The lowest BCUT2D eigenvalue weighted by molar-refractivity contribution is 0.0483. The Bertz CT molecular complexity index is 305. The van der Waals surface area contributed by atoms with E-state index in [1.807, 2.05) is 25.1 Å². The summed E-state index contributed by atoms with van der Waals surface area (Å²) < 4.78 is 0. The lowest BCUT2D eigenvalue weighted by Crippen LogP contribution is -2.21. The Morgan fingerprint density at radius 1 is 1.43 bits per heavy atom. The van der Waals surface area contributed by atoms with E-state index in [-0.39, 0.29) is 0 Å². The van der Waals surface area contributed by atoms with Crippen molar-refractivity contribution in [3.05, 3.63) is 29.6 Å². The Labute approximate surface area is 86.0 Å². The van der Waals surface area contributed by atoms with Crippen molar-refractivity contribution in [2.75, 3.05) is 0 Å². The summed E-state index contributed by atoms with van der Waals surface area (Å²) in [5.74, 6) is 0.405. The molecule has 0 saturated carbocycles. The van der Waals surface area contributed by atoms with E-state index in [0.29, 0.717) is 12.3 Å². The third-order valence-corrected chi connectivity index (χ3v) is 2.60. The van der Waals surface area contributed by atoms with Crippen molar-refractivity contribution >= 4 is 0 Å². The average molecular weight is 193 g/mol. The van der Waals surface area contributed by atoms with Gasteiger partial charge in [-0.2, -0.15) is 0 Å². The summed E-state index contributed by atoms with van der Waals surface area (Å²) in [4.78, 5) is 4.46. The molecule has 0 bridgehead atoms. The van der Waals surface area contributed by atoms with E-state index in [2.05, 4.69) is 18.8 Å². The highest BCUT2D eigenvalue weighted by atomic mass is 16.3. The quantitative estimate of drug-likeness (QED) is 0.800. The monoisotopic (exact) mass is 193 g/mol. The van der Waals surface area contributed by atoms with Crippen LogP contribution in [0.4, 0.5) is 0 Å². The maximum Gasteiger partial charge on any atom is 0.103 e. The number of aromatic nitrogens is 1. The van der Waals surface area contributed by atoms with Gasteiger partial charge in [0, 0.05) is 5.69 Å². The van der Waals surface area contributed by atoms with Crippen molar-refractivity contribution in [1.82, 2.24) is 4.98 Å². The molecule has 2 heteroatoms. The van der Waals surface area contributed by atoms with E-state index in [1.165, 1.54) is 0 Å². The Kier molecular flexibility index (Phi) is 3.27. The molecule has 0 radical (unpaired) electrons. The lowest BCUT2D eigenvalue weighted by Gasteiger charge is -2.21. The Morgan fingerprint density at radius 2 is 2.07 bits per heavy atom. The summed E-state index contributed by atoms with van der Waals surface area (Å²) in [5, 5.41) is 10.0. The molecule has 78 valence electrons. The zero-order chi connectivity index (χ0) is 10.8. The van der Waals surface area contributed by atoms with Crippen LogP contribution in [0.15, 0.2) is 18.2 Å². The molecule has 1 atom stereocenters. The van der Waals surface area contributed by atoms with Crippen LogP contribution in [0.1, 0.15) is 51.4 Å². The largest absolute Gasteiger partial charge is 0.384 e.